The molecule has 2 fully saturated rings. The predicted octanol–water partition coefficient (Wildman–Crippen LogP) is 0.0578. The molecule has 0 aliphatic carbocycles. The first kappa shape index (κ1) is 9.45. The summed E-state index contributed by atoms with van der Waals surface area (Å²) < 4.78 is 5.17. The first-order valence-electron chi connectivity index (χ1n) is 4.80. The van der Waals surface area contributed by atoms with Gasteiger partial charge in [0.1, 0.15) is 6.04 Å². The molecule has 0 saturated carbocycles. The van der Waals surface area contributed by atoms with Crippen molar-refractivity contribution in [2.45, 2.75) is 25.4 Å². The lowest BCUT2D eigenvalue weighted by Gasteiger charge is -2.19. The molecule has 2 atom stereocenters. The van der Waals surface area contributed by atoms with Crippen LogP contribution in [0.1, 0.15) is 13.3 Å². The van der Waals surface area contributed by atoms with E-state index in [1.165, 1.54) is 9.80 Å². The number of imide groups is 1. The molecule has 2 aliphatic heterocycles. The van der Waals surface area contributed by atoms with Gasteiger partial charge >= 0.3 is 6.03 Å². The largest absolute Gasteiger partial charge is 0.379 e. The summed E-state index contributed by atoms with van der Waals surface area (Å²) in [5, 5.41) is 0. The molecule has 5 heteroatoms. The molecule has 3 amide bonds. The van der Waals surface area contributed by atoms with Gasteiger partial charge in [-0.15, -0.1) is 0 Å². The van der Waals surface area contributed by atoms with Crippen molar-refractivity contribution in [2.75, 3.05) is 20.3 Å². The summed E-state index contributed by atoms with van der Waals surface area (Å²) in [7, 11) is 1.65. The molecule has 2 rings (SSSR count). The fourth-order valence-electron chi connectivity index (χ4n) is 1.86. The fourth-order valence-corrected chi connectivity index (χ4v) is 1.86. The maximum absolute atomic E-state index is 11.7. The highest BCUT2D eigenvalue weighted by Gasteiger charge is 2.44. The zero-order valence-corrected chi connectivity index (χ0v) is 8.40. The molecule has 2 unspecified atom stereocenters. The highest BCUT2D eigenvalue weighted by atomic mass is 16.5. The van der Waals surface area contributed by atoms with E-state index in [0.717, 1.165) is 6.42 Å². The van der Waals surface area contributed by atoms with Gasteiger partial charge in [-0.3, -0.25) is 9.69 Å². The zero-order valence-electron chi connectivity index (χ0n) is 8.40. The van der Waals surface area contributed by atoms with Crippen molar-refractivity contribution in [1.82, 2.24) is 9.80 Å². The first-order chi connectivity index (χ1) is 6.63. The summed E-state index contributed by atoms with van der Waals surface area (Å²) in [6.07, 6.45) is 0.762. The van der Waals surface area contributed by atoms with Crippen molar-refractivity contribution in [3.8, 4) is 0 Å². The summed E-state index contributed by atoms with van der Waals surface area (Å²) in [4.78, 5) is 26.2. The molecule has 0 aromatic heterocycles. The van der Waals surface area contributed by atoms with Gasteiger partial charge in [0.15, 0.2) is 0 Å². The molecular weight excluding hydrogens is 184 g/mol. The van der Waals surface area contributed by atoms with Crippen molar-refractivity contribution in [3.05, 3.63) is 0 Å². The summed E-state index contributed by atoms with van der Waals surface area (Å²) in [5.74, 6) is -0.104. The number of urea groups is 1. The van der Waals surface area contributed by atoms with Crippen LogP contribution in [0.3, 0.4) is 0 Å². The molecule has 14 heavy (non-hydrogen) atoms. The van der Waals surface area contributed by atoms with Gasteiger partial charge in [0, 0.05) is 13.7 Å². The highest BCUT2D eigenvalue weighted by molar-refractivity contribution is 6.04. The van der Waals surface area contributed by atoms with Crippen LogP contribution in [0.25, 0.3) is 0 Å². The zero-order chi connectivity index (χ0) is 10.3. The number of amides is 3. The van der Waals surface area contributed by atoms with Gasteiger partial charge in [0.2, 0.25) is 0 Å². The Bertz CT molecular complexity index is 253. The summed E-state index contributed by atoms with van der Waals surface area (Å²) in [5.41, 5.74) is 0. The lowest BCUT2D eigenvalue weighted by atomic mass is 10.2. The van der Waals surface area contributed by atoms with E-state index in [0.29, 0.717) is 13.2 Å². The van der Waals surface area contributed by atoms with E-state index in [1.54, 1.807) is 14.0 Å². The van der Waals surface area contributed by atoms with Crippen molar-refractivity contribution in [2.24, 2.45) is 0 Å². The average molecular weight is 198 g/mol. The Morgan fingerprint density at radius 2 is 2.14 bits per heavy atom. The fraction of sp³-hybridized carbons (Fsp3) is 0.778. The van der Waals surface area contributed by atoms with E-state index in [9.17, 15) is 9.59 Å². The van der Waals surface area contributed by atoms with Crippen LogP contribution in [0.5, 0.6) is 0 Å². The molecule has 0 bridgehead atoms. The smallest absolute Gasteiger partial charge is 0.327 e. The molecule has 0 aromatic rings. The monoisotopic (exact) mass is 198 g/mol. The quantitative estimate of drug-likeness (QED) is 0.560. The first-order valence-corrected chi connectivity index (χ1v) is 4.80. The van der Waals surface area contributed by atoms with Gasteiger partial charge in [-0.25, -0.2) is 4.79 Å². The Morgan fingerprint density at radius 3 is 2.57 bits per heavy atom. The molecular formula is C9H14N2O3. The average Bonchev–Trinajstić information content (AvgIpc) is 2.73. The van der Waals surface area contributed by atoms with Crippen molar-refractivity contribution >= 4 is 11.9 Å². The number of likely N-dealkylation sites (N-methyl/N-ethyl adjacent to an activating group) is 1. The van der Waals surface area contributed by atoms with Gasteiger partial charge in [-0.05, 0) is 13.3 Å². The van der Waals surface area contributed by atoms with E-state index in [2.05, 4.69) is 0 Å². The Morgan fingerprint density at radius 1 is 1.43 bits per heavy atom. The molecule has 2 aliphatic rings. The minimum Gasteiger partial charge on any atom is -0.379 e. The van der Waals surface area contributed by atoms with Crippen LogP contribution >= 0.6 is 0 Å². The number of hydrogen-bond acceptors (Lipinski definition) is 3. The summed E-state index contributed by atoms with van der Waals surface area (Å²) >= 11 is 0. The van der Waals surface area contributed by atoms with Gasteiger partial charge in [-0.2, -0.15) is 0 Å². The highest BCUT2D eigenvalue weighted by Crippen LogP contribution is 2.22. The minimum atomic E-state index is -0.330. The third-order valence-corrected chi connectivity index (χ3v) is 2.95. The van der Waals surface area contributed by atoms with Gasteiger partial charge in [0.05, 0.1) is 12.6 Å². The number of nitrogens with zero attached hydrogens (tertiary/aromatic N) is 2. The number of ether oxygens (including phenoxy) is 1. The minimum absolute atomic E-state index is 0.0533. The molecule has 2 heterocycles. The topological polar surface area (TPSA) is 49.9 Å². The molecule has 0 N–H and O–H groups in total. The van der Waals surface area contributed by atoms with Crippen LogP contribution in [0.15, 0.2) is 0 Å². The molecule has 0 spiro atoms. The number of carbonyl (C=O) groups excluding carboxylic acids is 2. The maximum atomic E-state index is 11.7. The SMILES string of the molecule is CC1C(=O)N(C2CCOC2)C(=O)N1C. The van der Waals surface area contributed by atoms with E-state index >= 15 is 0 Å². The second-order valence-electron chi connectivity index (χ2n) is 3.80. The second kappa shape index (κ2) is 3.24. The summed E-state index contributed by atoms with van der Waals surface area (Å²) in [6, 6.07) is -0.580. The van der Waals surface area contributed by atoms with E-state index in [4.69, 9.17) is 4.74 Å². The van der Waals surface area contributed by atoms with Crippen LogP contribution in [-0.4, -0.2) is 54.1 Å². The third kappa shape index (κ3) is 1.19. The van der Waals surface area contributed by atoms with Crippen molar-refractivity contribution in [3.63, 3.8) is 0 Å². The Balaban J connectivity index is 2.18. The van der Waals surface area contributed by atoms with Crippen LogP contribution in [0.4, 0.5) is 4.79 Å². The molecule has 0 aromatic carbocycles. The summed E-state index contributed by atoms with van der Waals surface area (Å²) in [6.45, 7) is 2.87. The normalized spacial score (nSPS) is 33.3. The van der Waals surface area contributed by atoms with Crippen LogP contribution in [0.2, 0.25) is 0 Å². The van der Waals surface area contributed by atoms with Gasteiger partial charge < -0.3 is 9.64 Å². The molecule has 78 valence electrons. The Labute approximate surface area is 82.6 Å². The van der Waals surface area contributed by atoms with Crippen LogP contribution in [0, 0.1) is 0 Å². The van der Waals surface area contributed by atoms with Gasteiger partial charge in [-0.1, -0.05) is 0 Å². The Kier molecular flexibility index (Phi) is 2.19. The number of hydrogen-bond donors (Lipinski definition) is 0. The Hall–Kier alpha value is -1.10. The van der Waals surface area contributed by atoms with Crippen molar-refractivity contribution in [1.29, 1.82) is 0 Å². The van der Waals surface area contributed by atoms with Crippen LogP contribution < -0.4 is 0 Å². The predicted molar refractivity (Wildman–Crippen MR) is 48.7 cm³/mol. The number of rotatable bonds is 1. The van der Waals surface area contributed by atoms with Crippen LogP contribution in [-0.2, 0) is 9.53 Å². The lowest BCUT2D eigenvalue weighted by molar-refractivity contribution is -0.129. The maximum Gasteiger partial charge on any atom is 0.327 e. The van der Waals surface area contributed by atoms with E-state index < -0.39 is 0 Å². The van der Waals surface area contributed by atoms with E-state index in [1.807, 2.05) is 0 Å². The standard InChI is InChI=1S/C9H14N2O3/c1-6-8(12)11(9(13)10(6)2)7-3-4-14-5-7/h6-7H,3-5H2,1-2H3. The second-order valence-corrected chi connectivity index (χ2v) is 3.80. The molecule has 0 radical (unpaired) electrons. The number of carbonyl (C=O) groups is 2. The van der Waals surface area contributed by atoms with E-state index in [-0.39, 0.29) is 24.0 Å². The lowest BCUT2D eigenvalue weighted by Crippen LogP contribution is -2.41. The molecule has 2 saturated heterocycles. The third-order valence-electron chi connectivity index (χ3n) is 2.95. The van der Waals surface area contributed by atoms with Crippen molar-refractivity contribution < 1.29 is 14.3 Å². The molecule has 5 nitrogen and oxygen atoms in total. The van der Waals surface area contributed by atoms with Gasteiger partial charge in [0.25, 0.3) is 5.91 Å².